The molecular formula is C15H18N2O3S. The van der Waals surface area contributed by atoms with Gasteiger partial charge in [-0.25, -0.2) is 13.4 Å². The van der Waals surface area contributed by atoms with Gasteiger partial charge >= 0.3 is 0 Å². The van der Waals surface area contributed by atoms with Crippen molar-refractivity contribution in [3.63, 3.8) is 0 Å². The van der Waals surface area contributed by atoms with Gasteiger partial charge in [-0.3, -0.25) is 4.72 Å². The Balaban J connectivity index is 1.86. The maximum absolute atomic E-state index is 12.0. The van der Waals surface area contributed by atoms with Crippen molar-refractivity contribution in [1.29, 1.82) is 0 Å². The second-order valence-corrected chi connectivity index (χ2v) is 6.44. The van der Waals surface area contributed by atoms with Crippen molar-refractivity contribution in [1.82, 2.24) is 4.98 Å². The third-order valence-corrected chi connectivity index (χ3v) is 4.31. The highest BCUT2D eigenvalue weighted by atomic mass is 32.2. The van der Waals surface area contributed by atoms with Gasteiger partial charge in [-0.2, -0.15) is 0 Å². The molecule has 21 heavy (non-hydrogen) atoms. The molecule has 2 rings (SSSR count). The average Bonchev–Trinajstić information content (AvgIpc) is 2.48. The van der Waals surface area contributed by atoms with Gasteiger partial charge in [0.05, 0.1) is 24.7 Å². The van der Waals surface area contributed by atoms with Crippen LogP contribution in [0.1, 0.15) is 12.0 Å². The second kappa shape index (κ2) is 7.08. The summed E-state index contributed by atoms with van der Waals surface area (Å²) in [5.74, 6) is 0.524. The number of sulfonamides is 1. The molecule has 1 N–H and O–H groups in total. The lowest BCUT2D eigenvalue weighted by molar-refractivity contribution is 0.398. The molecule has 0 amide bonds. The molecule has 1 aromatic heterocycles. The number of methoxy groups -OCH3 is 1. The molecule has 0 atom stereocenters. The molecule has 0 saturated carbocycles. The van der Waals surface area contributed by atoms with E-state index in [9.17, 15) is 8.42 Å². The Kier molecular flexibility index (Phi) is 5.16. The number of aromatic nitrogens is 1. The normalized spacial score (nSPS) is 11.1. The number of ether oxygens (including phenoxy) is 1. The molecule has 5 nitrogen and oxygen atoms in total. The highest BCUT2D eigenvalue weighted by molar-refractivity contribution is 7.92. The van der Waals surface area contributed by atoms with Crippen LogP contribution in [-0.2, 0) is 16.4 Å². The Bertz CT molecular complexity index is 655. The van der Waals surface area contributed by atoms with E-state index in [-0.39, 0.29) is 5.75 Å². The molecule has 112 valence electrons. The molecule has 0 radical (unpaired) electrons. The Hall–Kier alpha value is -2.08. The quantitative estimate of drug-likeness (QED) is 0.853. The van der Waals surface area contributed by atoms with Gasteiger partial charge in [0.2, 0.25) is 15.9 Å². The monoisotopic (exact) mass is 306 g/mol. The maximum Gasteiger partial charge on any atom is 0.232 e. The molecule has 1 heterocycles. The van der Waals surface area contributed by atoms with Gasteiger partial charge in [-0.15, -0.1) is 0 Å². The minimum atomic E-state index is -3.36. The summed E-state index contributed by atoms with van der Waals surface area (Å²) in [6, 6.07) is 13.1. The SMILES string of the molecule is COc1ccc(NS(=O)(=O)CCCc2ccccc2)cn1. The van der Waals surface area contributed by atoms with E-state index in [1.165, 1.54) is 13.3 Å². The van der Waals surface area contributed by atoms with Crippen LogP contribution in [-0.4, -0.2) is 26.3 Å². The van der Waals surface area contributed by atoms with Crippen molar-refractivity contribution in [3.05, 3.63) is 54.2 Å². The number of hydrogen-bond acceptors (Lipinski definition) is 4. The highest BCUT2D eigenvalue weighted by Gasteiger charge is 2.10. The maximum atomic E-state index is 12.0. The molecule has 0 unspecified atom stereocenters. The molecular weight excluding hydrogens is 288 g/mol. The van der Waals surface area contributed by atoms with E-state index < -0.39 is 10.0 Å². The lowest BCUT2D eigenvalue weighted by Crippen LogP contribution is -2.17. The van der Waals surface area contributed by atoms with Crippen LogP contribution in [0.2, 0.25) is 0 Å². The predicted octanol–water partition coefficient (Wildman–Crippen LogP) is 2.46. The van der Waals surface area contributed by atoms with Gasteiger partial charge in [0, 0.05) is 6.07 Å². The Morgan fingerprint density at radius 1 is 1.14 bits per heavy atom. The first-order valence-corrected chi connectivity index (χ1v) is 8.29. The van der Waals surface area contributed by atoms with E-state index in [1.807, 2.05) is 30.3 Å². The molecule has 2 aromatic rings. The molecule has 6 heteroatoms. The van der Waals surface area contributed by atoms with Crippen molar-refractivity contribution in [3.8, 4) is 5.88 Å². The zero-order valence-electron chi connectivity index (χ0n) is 11.8. The lowest BCUT2D eigenvalue weighted by atomic mass is 10.1. The molecule has 0 aliphatic carbocycles. The fraction of sp³-hybridized carbons (Fsp3) is 0.267. The van der Waals surface area contributed by atoms with Gasteiger partial charge in [0.15, 0.2) is 0 Å². The van der Waals surface area contributed by atoms with Gasteiger partial charge < -0.3 is 4.74 Å². The van der Waals surface area contributed by atoms with Crippen LogP contribution in [0, 0.1) is 0 Å². The third-order valence-electron chi connectivity index (χ3n) is 2.94. The average molecular weight is 306 g/mol. The van der Waals surface area contributed by atoms with Crippen molar-refractivity contribution < 1.29 is 13.2 Å². The third kappa shape index (κ3) is 5.07. The number of nitrogens with zero attached hydrogens (tertiary/aromatic N) is 1. The fourth-order valence-corrected chi connectivity index (χ4v) is 3.01. The Labute approximate surface area is 125 Å². The fourth-order valence-electron chi connectivity index (χ4n) is 1.90. The number of hydrogen-bond donors (Lipinski definition) is 1. The smallest absolute Gasteiger partial charge is 0.232 e. The highest BCUT2D eigenvalue weighted by Crippen LogP contribution is 2.13. The number of anilines is 1. The van der Waals surface area contributed by atoms with E-state index in [4.69, 9.17) is 4.74 Å². The van der Waals surface area contributed by atoms with E-state index in [0.717, 1.165) is 12.0 Å². The minimum absolute atomic E-state index is 0.0773. The second-order valence-electron chi connectivity index (χ2n) is 4.60. The predicted molar refractivity (Wildman–Crippen MR) is 83.0 cm³/mol. The number of rotatable bonds is 7. The summed E-state index contributed by atoms with van der Waals surface area (Å²) in [6.45, 7) is 0. The van der Waals surface area contributed by atoms with Crippen LogP contribution in [0.4, 0.5) is 5.69 Å². The summed E-state index contributed by atoms with van der Waals surface area (Å²) in [4.78, 5) is 3.96. The summed E-state index contributed by atoms with van der Waals surface area (Å²) in [5, 5.41) is 0. The van der Waals surface area contributed by atoms with Crippen molar-refractivity contribution in [2.45, 2.75) is 12.8 Å². The summed E-state index contributed by atoms with van der Waals surface area (Å²) in [6.07, 6.45) is 2.75. The van der Waals surface area contributed by atoms with Crippen LogP contribution in [0.25, 0.3) is 0 Å². The Morgan fingerprint density at radius 2 is 1.90 bits per heavy atom. The van der Waals surface area contributed by atoms with Crippen molar-refractivity contribution in [2.24, 2.45) is 0 Å². The first-order valence-electron chi connectivity index (χ1n) is 6.63. The van der Waals surface area contributed by atoms with Gasteiger partial charge in [-0.1, -0.05) is 30.3 Å². The molecule has 0 spiro atoms. The lowest BCUT2D eigenvalue weighted by Gasteiger charge is -2.08. The largest absolute Gasteiger partial charge is 0.481 e. The summed E-state index contributed by atoms with van der Waals surface area (Å²) in [5.41, 5.74) is 1.58. The van der Waals surface area contributed by atoms with Gasteiger partial charge in [0.1, 0.15) is 0 Å². The topological polar surface area (TPSA) is 68.3 Å². The van der Waals surface area contributed by atoms with E-state index >= 15 is 0 Å². The summed E-state index contributed by atoms with van der Waals surface area (Å²) < 4.78 is 31.4. The zero-order chi connectivity index (χ0) is 15.1. The number of nitrogens with one attached hydrogen (secondary N) is 1. The standard InChI is InChI=1S/C15H18N2O3S/c1-20-15-10-9-14(12-16-15)17-21(18,19)11-5-8-13-6-3-2-4-7-13/h2-4,6-7,9-10,12,17H,5,8,11H2,1H3. The summed E-state index contributed by atoms with van der Waals surface area (Å²) in [7, 11) is -1.85. The molecule has 0 bridgehead atoms. The number of pyridine rings is 1. The van der Waals surface area contributed by atoms with Crippen LogP contribution >= 0.6 is 0 Å². The molecule has 0 saturated heterocycles. The van der Waals surface area contributed by atoms with Crippen LogP contribution in [0.5, 0.6) is 5.88 Å². The zero-order valence-corrected chi connectivity index (χ0v) is 12.6. The van der Waals surface area contributed by atoms with Crippen molar-refractivity contribution in [2.75, 3.05) is 17.6 Å². The summed E-state index contributed by atoms with van der Waals surface area (Å²) >= 11 is 0. The van der Waals surface area contributed by atoms with Gasteiger partial charge in [0.25, 0.3) is 0 Å². The van der Waals surface area contributed by atoms with Crippen LogP contribution in [0.15, 0.2) is 48.7 Å². The number of benzene rings is 1. The molecule has 0 aliphatic heterocycles. The van der Waals surface area contributed by atoms with Crippen LogP contribution < -0.4 is 9.46 Å². The molecule has 0 aliphatic rings. The number of aryl methyl sites for hydroxylation is 1. The van der Waals surface area contributed by atoms with E-state index in [1.54, 1.807) is 12.1 Å². The Morgan fingerprint density at radius 3 is 2.52 bits per heavy atom. The first kappa shape index (κ1) is 15.3. The van der Waals surface area contributed by atoms with Gasteiger partial charge in [-0.05, 0) is 24.5 Å². The van der Waals surface area contributed by atoms with Crippen molar-refractivity contribution >= 4 is 15.7 Å². The molecule has 1 aromatic carbocycles. The van der Waals surface area contributed by atoms with E-state index in [0.29, 0.717) is 18.0 Å². The first-order chi connectivity index (χ1) is 10.1. The van der Waals surface area contributed by atoms with Crippen LogP contribution in [0.3, 0.4) is 0 Å². The minimum Gasteiger partial charge on any atom is -0.481 e. The van der Waals surface area contributed by atoms with E-state index in [2.05, 4.69) is 9.71 Å². The molecule has 0 fully saturated rings.